The number of carbonyl (C=O) groups excluding carboxylic acids is 1. The van der Waals surface area contributed by atoms with E-state index in [1.807, 2.05) is 11.8 Å². The molecule has 92 valence electrons. The fraction of sp³-hybridized carbons (Fsp3) is 0.500. The second-order valence-electron chi connectivity index (χ2n) is 4.28. The minimum Gasteiger partial charge on any atom is -0.349 e. The fourth-order valence-corrected chi connectivity index (χ4v) is 2.90. The van der Waals surface area contributed by atoms with Gasteiger partial charge in [0, 0.05) is 23.6 Å². The summed E-state index contributed by atoms with van der Waals surface area (Å²) in [6, 6.07) is 3.19. The van der Waals surface area contributed by atoms with Crippen molar-refractivity contribution in [2.24, 2.45) is 0 Å². The number of pyridine rings is 1. The van der Waals surface area contributed by atoms with Gasteiger partial charge in [0.05, 0.1) is 5.56 Å². The van der Waals surface area contributed by atoms with Crippen LogP contribution in [0.15, 0.2) is 23.1 Å². The van der Waals surface area contributed by atoms with E-state index in [-0.39, 0.29) is 17.5 Å². The van der Waals surface area contributed by atoms with E-state index in [0.717, 1.165) is 19.3 Å². The number of carbonyl (C=O) groups is 1. The lowest BCUT2D eigenvalue weighted by atomic mass is 10.2. The van der Waals surface area contributed by atoms with Crippen LogP contribution in [0.5, 0.6) is 0 Å². The molecule has 1 heterocycles. The molecule has 0 radical (unpaired) electrons. The molecule has 0 bridgehead atoms. The average molecular weight is 252 g/mol. The van der Waals surface area contributed by atoms with Gasteiger partial charge in [0.1, 0.15) is 0 Å². The molecule has 1 fully saturated rings. The van der Waals surface area contributed by atoms with Crippen molar-refractivity contribution in [2.45, 2.75) is 30.6 Å². The number of aromatic nitrogens is 1. The van der Waals surface area contributed by atoms with Crippen LogP contribution >= 0.6 is 11.8 Å². The van der Waals surface area contributed by atoms with Crippen molar-refractivity contribution in [1.82, 2.24) is 10.3 Å². The maximum atomic E-state index is 11.9. The van der Waals surface area contributed by atoms with E-state index in [2.05, 4.69) is 16.6 Å². The molecular formula is C12H16N2O2S. The van der Waals surface area contributed by atoms with Crippen molar-refractivity contribution < 1.29 is 4.79 Å². The molecule has 1 aromatic rings. The summed E-state index contributed by atoms with van der Waals surface area (Å²) in [6.45, 7) is 0. The molecule has 1 aliphatic rings. The first-order valence-electron chi connectivity index (χ1n) is 5.71. The summed E-state index contributed by atoms with van der Waals surface area (Å²) >= 11 is 1.86. The average Bonchev–Trinajstić information content (AvgIpc) is 2.77. The summed E-state index contributed by atoms with van der Waals surface area (Å²) in [7, 11) is 0. The summed E-state index contributed by atoms with van der Waals surface area (Å²) in [4.78, 5) is 25.3. The highest BCUT2D eigenvalue weighted by atomic mass is 32.2. The number of rotatable bonds is 3. The van der Waals surface area contributed by atoms with Gasteiger partial charge in [-0.25, -0.2) is 0 Å². The molecule has 0 spiro atoms. The predicted molar refractivity (Wildman–Crippen MR) is 69.5 cm³/mol. The van der Waals surface area contributed by atoms with Crippen molar-refractivity contribution in [3.8, 4) is 0 Å². The Bertz CT molecular complexity index is 438. The van der Waals surface area contributed by atoms with Gasteiger partial charge in [0.15, 0.2) is 0 Å². The highest BCUT2D eigenvalue weighted by Crippen LogP contribution is 2.28. The zero-order chi connectivity index (χ0) is 12.3. The van der Waals surface area contributed by atoms with Gasteiger partial charge in [0.25, 0.3) is 5.91 Å². The predicted octanol–water partition coefficient (Wildman–Crippen LogP) is 1.39. The highest BCUT2D eigenvalue weighted by Gasteiger charge is 2.25. The molecule has 2 atom stereocenters. The molecule has 1 aromatic heterocycles. The lowest BCUT2D eigenvalue weighted by Gasteiger charge is -2.12. The second-order valence-corrected chi connectivity index (χ2v) is 5.42. The lowest BCUT2D eigenvalue weighted by Crippen LogP contribution is -2.33. The van der Waals surface area contributed by atoms with Gasteiger partial charge in [-0.2, -0.15) is 11.8 Å². The molecule has 2 unspecified atom stereocenters. The summed E-state index contributed by atoms with van der Waals surface area (Å²) in [5.41, 5.74) is 0.321. The van der Waals surface area contributed by atoms with Crippen molar-refractivity contribution >= 4 is 17.7 Å². The number of hydrogen-bond acceptors (Lipinski definition) is 3. The monoisotopic (exact) mass is 252 g/mol. The molecule has 0 aliphatic heterocycles. The second kappa shape index (κ2) is 5.40. The van der Waals surface area contributed by atoms with E-state index in [0.29, 0.717) is 10.8 Å². The Morgan fingerprint density at radius 2 is 2.29 bits per heavy atom. The Hall–Kier alpha value is -1.23. The molecule has 0 aromatic carbocycles. The highest BCUT2D eigenvalue weighted by molar-refractivity contribution is 7.99. The lowest BCUT2D eigenvalue weighted by molar-refractivity contribution is 0.0937. The Balaban J connectivity index is 1.93. The molecule has 2 N–H and O–H groups in total. The third-order valence-corrected chi connectivity index (χ3v) is 4.19. The Morgan fingerprint density at radius 3 is 2.88 bits per heavy atom. The van der Waals surface area contributed by atoms with Crippen LogP contribution < -0.4 is 10.9 Å². The van der Waals surface area contributed by atoms with E-state index in [1.54, 1.807) is 6.07 Å². The van der Waals surface area contributed by atoms with Crippen LogP contribution in [0.1, 0.15) is 29.6 Å². The van der Waals surface area contributed by atoms with Crippen LogP contribution in [0.25, 0.3) is 0 Å². The van der Waals surface area contributed by atoms with Crippen molar-refractivity contribution in [3.05, 3.63) is 34.2 Å². The number of hydrogen-bond donors (Lipinski definition) is 2. The van der Waals surface area contributed by atoms with Gasteiger partial charge >= 0.3 is 0 Å². The van der Waals surface area contributed by atoms with E-state index < -0.39 is 0 Å². The SMILES string of the molecule is CSC1CCC(NC(=O)c2ccc(=O)[nH]c2)C1. The molecule has 0 saturated heterocycles. The molecule has 17 heavy (non-hydrogen) atoms. The summed E-state index contributed by atoms with van der Waals surface area (Å²) in [6.07, 6.45) is 6.81. The van der Waals surface area contributed by atoms with Crippen LogP contribution in [0, 0.1) is 0 Å². The van der Waals surface area contributed by atoms with Crippen LogP contribution in [0.2, 0.25) is 0 Å². The maximum absolute atomic E-state index is 11.9. The number of nitrogens with one attached hydrogen (secondary N) is 2. The quantitative estimate of drug-likeness (QED) is 0.854. The topological polar surface area (TPSA) is 62.0 Å². The third-order valence-electron chi connectivity index (χ3n) is 3.10. The van der Waals surface area contributed by atoms with Gasteiger partial charge in [-0.1, -0.05) is 0 Å². The Labute approximate surface area is 104 Å². The molecule has 1 aliphatic carbocycles. The van der Waals surface area contributed by atoms with Gasteiger partial charge in [0.2, 0.25) is 5.56 Å². The third kappa shape index (κ3) is 3.12. The summed E-state index contributed by atoms with van der Waals surface area (Å²) in [5.74, 6) is -0.104. The van der Waals surface area contributed by atoms with Gasteiger partial charge in [-0.3, -0.25) is 9.59 Å². The standard InChI is InChI=1S/C12H16N2O2S/c1-17-10-4-3-9(6-10)14-12(16)8-2-5-11(15)13-7-8/h2,5,7,9-10H,3-4,6H2,1H3,(H,13,15)(H,14,16). The Morgan fingerprint density at radius 1 is 1.47 bits per heavy atom. The van der Waals surface area contributed by atoms with Crippen LogP contribution in [-0.4, -0.2) is 28.4 Å². The fourth-order valence-electron chi connectivity index (χ4n) is 2.11. The summed E-state index contributed by atoms with van der Waals surface area (Å²) in [5, 5.41) is 3.67. The van der Waals surface area contributed by atoms with Crippen molar-refractivity contribution in [1.29, 1.82) is 0 Å². The first kappa shape index (κ1) is 12.2. The largest absolute Gasteiger partial charge is 0.349 e. The maximum Gasteiger partial charge on any atom is 0.252 e. The van der Waals surface area contributed by atoms with Crippen LogP contribution in [-0.2, 0) is 0 Å². The molecule has 1 amide bonds. The molecule has 1 saturated carbocycles. The Kier molecular flexibility index (Phi) is 3.89. The molecular weight excluding hydrogens is 236 g/mol. The van der Waals surface area contributed by atoms with E-state index in [4.69, 9.17) is 0 Å². The number of aromatic amines is 1. The molecule has 5 heteroatoms. The van der Waals surface area contributed by atoms with Gasteiger partial charge in [-0.05, 0) is 31.6 Å². The minimum absolute atomic E-state index is 0.104. The van der Waals surface area contributed by atoms with Crippen molar-refractivity contribution in [2.75, 3.05) is 6.26 Å². The van der Waals surface area contributed by atoms with E-state index in [9.17, 15) is 9.59 Å². The first-order valence-corrected chi connectivity index (χ1v) is 7.00. The van der Waals surface area contributed by atoms with E-state index in [1.165, 1.54) is 12.3 Å². The zero-order valence-corrected chi connectivity index (χ0v) is 10.5. The van der Waals surface area contributed by atoms with Crippen LogP contribution in [0.4, 0.5) is 0 Å². The number of H-pyrrole nitrogens is 1. The molecule has 4 nitrogen and oxygen atoms in total. The van der Waals surface area contributed by atoms with Gasteiger partial charge < -0.3 is 10.3 Å². The van der Waals surface area contributed by atoms with Gasteiger partial charge in [-0.15, -0.1) is 0 Å². The zero-order valence-electron chi connectivity index (χ0n) is 9.73. The number of thioether (sulfide) groups is 1. The first-order chi connectivity index (χ1) is 8.19. The normalized spacial score (nSPS) is 23.6. The van der Waals surface area contributed by atoms with Crippen LogP contribution in [0.3, 0.4) is 0 Å². The van der Waals surface area contributed by atoms with Crippen molar-refractivity contribution in [3.63, 3.8) is 0 Å². The van der Waals surface area contributed by atoms with E-state index >= 15 is 0 Å². The minimum atomic E-state index is -0.190. The molecule has 2 rings (SSSR count). The summed E-state index contributed by atoms with van der Waals surface area (Å²) < 4.78 is 0. The smallest absolute Gasteiger partial charge is 0.252 e. The number of amides is 1.